The van der Waals surface area contributed by atoms with E-state index in [1.165, 1.54) is 14.2 Å². The van der Waals surface area contributed by atoms with E-state index in [-0.39, 0.29) is 11.7 Å². The summed E-state index contributed by atoms with van der Waals surface area (Å²) in [6, 6.07) is 10.4. The molecule has 0 aliphatic carbocycles. The summed E-state index contributed by atoms with van der Waals surface area (Å²) in [6.07, 6.45) is 1.97. The summed E-state index contributed by atoms with van der Waals surface area (Å²) >= 11 is 0. The lowest BCUT2D eigenvalue weighted by molar-refractivity contribution is -0.118. The third kappa shape index (κ3) is 5.70. The molecule has 2 aromatic carbocycles. The standard InChI is InChI=1S/C23H30N2O5S/c1-16(2)11-12-25-20-8-7-19(14-18(20)6-10-23(25)26)24-31(27,28)15-17-5-9-21(29-3)22(13-17)30-4/h5,7-9,13-14,16,24H,6,10-12,15H2,1-4H3. The van der Waals surface area contributed by atoms with E-state index < -0.39 is 10.0 Å². The minimum Gasteiger partial charge on any atom is -0.493 e. The number of hydrogen-bond donors (Lipinski definition) is 1. The topological polar surface area (TPSA) is 84.9 Å². The molecule has 3 rings (SSSR count). The van der Waals surface area contributed by atoms with Gasteiger partial charge in [0.15, 0.2) is 11.5 Å². The molecule has 1 amide bonds. The van der Waals surface area contributed by atoms with Gasteiger partial charge < -0.3 is 14.4 Å². The minimum absolute atomic E-state index is 0.120. The molecular weight excluding hydrogens is 416 g/mol. The molecule has 0 radical (unpaired) electrons. The lowest BCUT2D eigenvalue weighted by Gasteiger charge is -2.30. The van der Waals surface area contributed by atoms with E-state index in [2.05, 4.69) is 18.6 Å². The first-order valence-electron chi connectivity index (χ1n) is 10.4. The minimum atomic E-state index is -3.63. The highest BCUT2D eigenvalue weighted by atomic mass is 32.2. The molecule has 0 saturated carbocycles. The fraction of sp³-hybridized carbons (Fsp3) is 0.435. The number of methoxy groups -OCH3 is 2. The summed E-state index contributed by atoms with van der Waals surface area (Å²) in [6.45, 7) is 4.94. The van der Waals surface area contributed by atoms with Gasteiger partial charge in [0.2, 0.25) is 15.9 Å². The van der Waals surface area contributed by atoms with Gasteiger partial charge >= 0.3 is 0 Å². The Labute approximate surface area is 184 Å². The molecule has 8 heteroatoms. The van der Waals surface area contributed by atoms with Gasteiger partial charge in [0.1, 0.15) is 0 Å². The first-order chi connectivity index (χ1) is 14.7. The van der Waals surface area contributed by atoms with Gasteiger partial charge in [0.05, 0.1) is 20.0 Å². The lowest BCUT2D eigenvalue weighted by Crippen LogP contribution is -2.36. The third-order valence-corrected chi connectivity index (χ3v) is 6.55. The number of hydrogen-bond acceptors (Lipinski definition) is 5. The van der Waals surface area contributed by atoms with Crippen molar-refractivity contribution < 1.29 is 22.7 Å². The van der Waals surface area contributed by atoms with Gasteiger partial charge in [-0.3, -0.25) is 9.52 Å². The fourth-order valence-electron chi connectivity index (χ4n) is 3.66. The van der Waals surface area contributed by atoms with Gasteiger partial charge in [-0.05, 0) is 60.2 Å². The quantitative estimate of drug-likeness (QED) is 0.630. The van der Waals surface area contributed by atoms with Crippen LogP contribution in [0.1, 0.15) is 37.8 Å². The van der Waals surface area contributed by atoms with Crippen molar-refractivity contribution in [3.8, 4) is 11.5 Å². The Bertz CT molecular complexity index is 1050. The van der Waals surface area contributed by atoms with Gasteiger partial charge in [-0.25, -0.2) is 8.42 Å². The molecule has 1 N–H and O–H groups in total. The zero-order chi connectivity index (χ0) is 22.6. The van der Waals surface area contributed by atoms with Crippen LogP contribution < -0.4 is 19.1 Å². The molecule has 7 nitrogen and oxygen atoms in total. The Balaban J connectivity index is 1.76. The number of anilines is 2. The second-order valence-electron chi connectivity index (χ2n) is 8.12. The van der Waals surface area contributed by atoms with Gasteiger partial charge in [0, 0.05) is 24.3 Å². The number of sulfonamides is 1. The van der Waals surface area contributed by atoms with Gasteiger partial charge in [-0.15, -0.1) is 0 Å². The Kier molecular flexibility index (Phi) is 7.10. The normalized spacial score (nSPS) is 13.8. The van der Waals surface area contributed by atoms with Crippen molar-refractivity contribution in [3.63, 3.8) is 0 Å². The molecule has 0 fully saturated rings. The SMILES string of the molecule is COc1ccc(CS(=O)(=O)Nc2ccc3c(c2)CCC(=O)N3CCC(C)C)cc1OC. The number of carbonyl (C=O) groups is 1. The maximum atomic E-state index is 12.7. The third-order valence-electron chi connectivity index (χ3n) is 5.29. The molecule has 31 heavy (non-hydrogen) atoms. The Morgan fingerprint density at radius 2 is 1.77 bits per heavy atom. The number of fused-ring (bicyclic) bond motifs is 1. The number of nitrogens with zero attached hydrogens (tertiary/aromatic N) is 1. The van der Waals surface area contributed by atoms with Crippen LogP contribution in [0.2, 0.25) is 0 Å². The number of amides is 1. The van der Waals surface area contributed by atoms with E-state index >= 15 is 0 Å². The molecular formula is C23H30N2O5S. The Morgan fingerprint density at radius 1 is 1.03 bits per heavy atom. The van der Waals surface area contributed by atoms with Crippen molar-refractivity contribution >= 4 is 27.3 Å². The van der Waals surface area contributed by atoms with Crippen LogP contribution in [0.5, 0.6) is 11.5 Å². The second kappa shape index (κ2) is 9.60. The largest absolute Gasteiger partial charge is 0.493 e. The van der Waals surface area contributed by atoms with E-state index in [0.29, 0.717) is 48.1 Å². The van der Waals surface area contributed by atoms with Gasteiger partial charge in [-0.2, -0.15) is 0 Å². The maximum Gasteiger partial charge on any atom is 0.236 e. The van der Waals surface area contributed by atoms with E-state index in [0.717, 1.165) is 17.7 Å². The predicted molar refractivity (Wildman–Crippen MR) is 122 cm³/mol. The van der Waals surface area contributed by atoms with Crippen molar-refractivity contribution in [2.24, 2.45) is 5.92 Å². The number of ether oxygens (including phenoxy) is 2. The molecule has 2 aromatic rings. The molecule has 0 bridgehead atoms. The molecule has 0 spiro atoms. The Hall–Kier alpha value is -2.74. The summed E-state index contributed by atoms with van der Waals surface area (Å²) < 4.78 is 38.6. The lowest BCUT2D eigenvalue weighted by atomic mass is 9.99. The van der Waals surface area contributed by atoms with Crippen LogP contribution in [0.15, 0.2) is 36.4 Å². The van der Waals surface area contributed by atoms with Crippen LogP contribution in [-0.2, 0) is 27.0 Å². The molecule has 0 aromatic heterocycles. The zero-order valence-electron chi connectivity index (χ0n) is 18.5. The summed E-state index contributed by atoms with van der Waals surface area (Å²) in [7, 11) is -0.590. The van der Waals surface area contributed by atoms with Crippen molar-refractivity contribution in [2.75, 3.05) is 30.4 Å². The van der Waals surface area contributed by atoms with Crippen molar-refractivity contribution in [3.05, 3.63) is 47.5 Å². The fourth-order valence-corrected chi connectivity index (χ4v) is 4.84. The molecule has 1 aliphatic heterocycles. The van der Waals surface area contributed by atoms with E-state index in [9.17, 15) is 13.2 Å². The molecule has 0 saturated heterocycles. The van der Waals surface area contributed by atoms with Crippen LogP contribution in [0.3, 0.4) is 0 Å². The molecule has 168 valence electrons. The van der Waals surface area contributed by atoms with Gasteiger partial charge in [0.25, 0.3) is 0 Å². The van der Waals surface area contributed by atoms with Crippen LogP contribution >= 0.6 is 0 Å². The summed E-state index contributed by atoms with van der Waals surface area (Å²) in [4.78, 5) is 14.2. The first-order valence-corrected chi connectivity index (χ1v) is 12.0. The summed E-state index contributed by atoms with van der Waals surface area (Å²) in [5.74, 6) is 1.46. The highest BCUT2D eigenvalue weighted by Gasteiger charge is 2.25. The highest BCUT2D eigenvalue weighted by molar-refractivity contribution is 7.91. The number of aryl methyl sites for hydroxylation is 1. The smallest absolute Gasteiger partial charge is 0.236 e. The molecule has 1 aliphatic rings. The van der Waals surface area contributed by atoms with Crippen molar-refractivity contribution in [1.29, 1.82) is 0 Å². The van der Waals surface area contributed by atoms with Crippen molar-refractivity contribution in [1.82, 2.24) is 0 Å². The first kappa shape index (κ1) is 22.9. The van der Waals surface area contributed by atoms with Gasteiger partial charge in [-0.1, -0.05) is 19.9 Å². The monoisotopic (exact) mass is 446 g/mol. The van der Waals surface area contributed by atoms with Crippen LogP contribution in [0.25, 0.3) is 0 Å². The predicted octanol–water partition coefficient (Wildman–Crippen LogP) is 3.97. The molecule has 1 heterocycles. The number of carbonyl (C=O) groups excluding carboxylic acids is 1. The average molecular weight is 447 g/mol. The maximum absolute atomic E-state index is 12.7. The van der Waals surface area contributed by atoms with Crippen LogP contribution in [0, 0.1) is 5.92 Å². The second-order valence-corrected chi connectivity index (χ2v) is 9.84. The highest BCUT2D eigenvalue weighted by Crippen LogP contribution is 2.32. The number of rotatable bonds is 9. The molecule has 0 atom stereocenters. The number of nitrogens with one attached hydrogen (secondary N) is 1. The molecule has 0 unspecified atom stereocenters. The van der Waals surface area contributed by atoms with E-state index in [4.69, 9.17) is 9.47 Å². The van der Waals surface area contributed by atoms with Crippen LogP contribution in [-0.4, -0.2) is 35.1 Å². The average Bonchev–Trinajstić information content (AvgIpc) is 2.72. The summed E-state index contributed by atoms with van der Waals surface area (Å²) in [5.41, 5.74) is 2.94. The number of benzene rings is 2. The summed E-state index contributed by atoms with van der Waals surface area (Å²) in [5, 5.41) is 0. The Morgan fingerprint density at radius 3 is 2.45 bits per heavy atom. The van der Waals surface area contributed by atoms with Crippen LogP contribution in [0.4, 0.5) is 11.4 Å². The van der Waals surface area contributed by atoms with E-state index in [1.807, 2.05) is 17.0 Å². The zero-order valence-corrected chi connectivity index (χ0v) is 19.3. The van der Waals surface area contributed by atoms with Crippen molar-refractivity contribution in [2.45, 2.75) is 38.9 Å². The van der Waals surface area contributed by atoms with E-state index in [1.54, 1.807) is 24.3 Å².